The van der Waals surface area contributed by atoms with Crippen LogP contribution in [0.4, 0.5) is 13.2 Å². The molecular weight excluding hydrogens is 445 g/mol. The van der Waals surface area contributed by atoms with Crippen LogP contribution < -0.4 is 10.1 Å². The van der Waals surface area contributed by atoms with Crippen LogP contribution in [-0.4, -0.2) is 36.2 Å². The zero-order chi connectivity index (χ0) is 20.9. The van der Waals surface area contributed by atoms with Gasteiger partial charge in [-0.2, -0.15) is 13.2 Å². The molecule has 0 spiro atoms. The Morgan fingerprint density at radius 2 is 1.79 bits per heavy atom. The van der Waals surface area contributed by atoms with E-state index in [1.54, 1.807) is 24.3 Å². The van der Waals surface area contributed by atoms with Gasteiger partial charge in [-0.1, -0.05) is 28.1 Å². The number of aromatic nitrogens is 1. The smallest absolute Gasteiger partial charge is 0.471 e. The number of rotatable bonds is 6. The van der Waals surface area contributed by atoms with Crippen LogP contribution in [0, 0.1) is 0 Å². The summed E-state index contributed by atoms with van der Waals surface area (Å²) in [5.41, 5.74) is 0.587. The highest BCUT2D eigenvalue weighted by atomic mass is 79.9. The highest BCUT2D eigenvalue weighted by molar-refractivity contribution is 9.10. The van der Waals surface area contributed by atoms with Crippen LogP contribution in [0.3, 0.4) is 0 Å². The fourth-order valence-corrected chi connectivity index (χ4v) is 2.56. The number of hydrogen-bond donors (Lipinski definition) is 1. The minimum Gasteiger partial charge on any atom is -0.482 e. The molecule has 0 aliphatic rings. The largest absolute Gasteiger partial charge is 0.482 e. The molecule has 28 heavy (non-hydrogen) atoms. The van der Waals surface area contributed by atoms with Gasteiger partial charge in [0.15, 0.2) is 0 Å². The summed E-state index contributed by atoms with van der Waals surface area (Å²) in [6.07, 6.45) is -4.70. The first-order chi connectivity index (χ1) is 13.1. The molecular formula is C18H16BrF3N2O4. The maximum Gasteiger partial charge on any atom is 0.471 e. The van der Waals surface area contributed by atoms with Crippen LogP contribution in [0.1, 0.15) is 29.1 Å². The van der Waals surface area contributed by atoms with Crippen molar-refractivity contribution in [1.29, 1.82) is 0 Å². The van der Waals surface area contributed by atoms with Gasteiger partial charge in [0.05, 0.1) is 19.3 Å². The van der Waals surface area contributed by atoms with Crippen LogP contribution in [0.25, 0.3) is 0 Å². The van der Waals surface area contributed by atoms with E-state index in [1.807, 2.05) is 5.32 Å². The molecule has 10 heteroatoms. The van der Waals surface area contributed by atoms with Gasteiger partial charge in [0.1, 0.15) is 17.5 Å². The van der Waals surface area contributed by atoms with Gasteiger partial charge in [0, 0.05) is 4.47 Å². The standard InChI is InChI=1S/C18H16BrF3N2O4/c1-10(24-17(26)18(20,21)22)15(11-3-5-12(19)6-4-11)28-13-7-8-14(23-9-13)16(25)27-2/h3-10,15H,1-2H3,(H,24,26)/t10?,15-/m0/s1. The minimum absolute atomic E-state index is 0.0495. The molecule has 0 saturated carbocycles. The molecule has 1 N–H and O–H groups in total. The van der Waals surface area contributed by atoms with E-state index in [4.69, 9.17) is 4.74 Å². The lowest BCUT2D eigenvalue weighted by Gasteiger charge is -2.26. The molecule has 1 heterocycles. The van der Waals surface area contributed by atoms with Crippen molar-refractivity contribution in [1.82, 2.24) is 10.3 Å². The number of carbonyl (C=O) groups excluding carboxylic acids is 2. The highest BCUT2D eigenvalue weighted by Gasteiger charge is 2.40. The molecule has 6 nitrogen and oxygen atoms in total. The van der Waals surface area contributed by atoms with Crippen molar-refractivity contribution < 1.29 is 32.2 Å². The second-order valence-electron chi connectivity index (χ2n) is 5.72. The Morgan fingerprint density at radius 3 is 2.29 bits per heavy atom. The molecule has 2 aromatic rings. The van der Waals surface area contributed by atoms with Crippen molar-refractivity contribution >= 4 is 27.8 Å². The number of nitrogens with zero attached hydrogens (tertiary/aromatic N) is 1. The van der Waals surface area contributed by atoms with Gasteiger partial charge in [-0.3, -0.25) is 4.79 Å². The van der Waals surface area contributed by atoms with E-state index < -0.39 is 30.2 Å². The van der Waals surface area contributed by atoms with E-state index in [-0.39, 0.29) is 11.4 Å². The van der Waals surface area contributed by atoms with E-state index >= 15 is 0 Å². The van der Waals surface area contributed by atoms with Gasteiger partial charge >= 0.3 is 18.1 Å². The predicted octanol–water partition coefficient (Wildman–Crippen LogP) is 3.82. The van der Waals surface area contributed by atoms with Crippen molar-refractivity contribution in [2.24, 2.45) is 0 Å². The second-order valence-corrected chi connectivity index (χ2v) is 6.64. The zero-order valence-electron chi connectivity index (χ0n) is 14.8. The molecule has 150 valence electrons. The van der Waals surface area contributed by atoms with Gasteiger partial charge in [-0.05, 0) is 36.8 Å². The van der Waals surface area contributed by atoms with Crippen molar-refractivity contribution in [2.45, 2.75) is 25.2 Å². The zero-order valence-corrected chi connectivity index (χ0v) is 16.4. The fourth-order valence-electron chi connectivity index (χ4n) is 2.30. The normalized spacial score (nSPS) is 13.4. The summed E-state index contributed by atoms with van der Waals surface area (Å²) >= 11 is 3.28. The average Bonchev–Trinajstić information content (AvgIpc) is 2.66. The van der Waals surface area contributed by atoms with Gasteiger partial charge in [0.25, 0.3) is 0 Å². The number of carbonyl (C=O) groups is 2. The molecule has 2 rings (SSSR count). The quantitative estimate of drug-likeness (QED) is 0.663. The summed E-state index contributed by atoms with van der Waals surface area (Å²) in [6, 6.07) is 8.48. The molecule has 0 fully saturated rings. The molecule has 0 aliphatic carbocycles. The van der Waals surface area contributed by atoms with Crippen LogP contribution in [-0.2, 0) is 9.53 Å². The molecule has 0 saturated heterocycles. The summed E-state index contributed by atoms with van der Waals surface area (Å²) in [5, 5.41) is 1.90. The summed E-state index contributed by atoms with van der Waals surface area (Å²) in [5.74, 6) is -2.50. The Balaban J connectivity index is 2.26. The predicted molar refractivity (Wildman–Crippen MR) is 96.7 cm³/mol. The lowest BCUT2D eigenvalue weighted by molar-refractivity contribution is -0.174. The summed E-state index contributed by atoms with van der Waals surface area (Å²) in [7, 11) is 1.21. The Kier molecular flexibility index (Phi) is 7.00. The number of methoxy groups -OCH3 is 1. The Hall–Kier alpha value is -2.62. The van der Waals surface area contributed by atoms with E-state index in [1.165, 1.54) is 32.4 Å². The van der Waals surface area contributed by atoms with Crippen LogP contribution in [0.5, 0.6) is 5.75 Å². The first-order valence-corrected chi connectivity index (χ1v) is 8.75. The van der Waals surface area contributed by atoms with E-state index in [0.29, 0.717) is 5.56 Å². The molecule has 1 aromatic carbocycles. The number of pyridine rings is 1. The van der Waals surface area contributed by atoms with Crippen LogP contribution in [0.15, 0.2) is 47.1 Å². The third-order valence-electron chi connectivity index (χ3n) is 3.66. The molecule has 0 bridgehead atoms. The summed E-state index contributed by atoms with van der Waals surface area (Å²) in [4.78, 5) is 26.6. The number of esters is 1. The highest BCUT2D eigenvalue weighted by Crippen LogP contribution is 2.27. The monoisotopic (exact) mass is 460 g/mol. The third-order valence-corrected chi connectivity index (χ3v) is 4.19. The summed E-state index contributed by atoms with van der Waals surface area (Å²) < 4.78 is 48.9. The van der Waals surface area contributed by atoms with Gasteiger partial charge < -0.3 is 14.8 Å². The minimum atomic E-state index is -5.01. The number of hydrogen-bond acceptors (Lipinski definition) is 5. The molecule has 0 radical (unpaired) electrons. The van der Waals surface area contributed by atoms with E-state index in [2.05, 4.69) is 25.7 Å². The van der Waals surface area contributed by atoms with Gasteiger partial charge in [-0.15, -0.1) is 0 Å². The SMILES string of the molecule is COC(=O)c1ccc(O[C@H](c2ccc(Br)cc2)C(C)NC(=O)C(F)(F)F)cn1. The van der Waals surface area contributed by atoms with E-state index in [9.17, 15) is 22.8 Å². The fraction of sp³-hybridized carbons (Fsp3) is 0.278. The summed E-state index contributed by atoms with van der Waals surface area (Å²) in [6.45, 7) is 1.40. The number of ether oxygens (including phenoxy) is 2. The number of alkyl halides is 3. The van der Waals surface area contributed by atoms with Crippen molar-refractivity contribution in [3.05, 3.63) is 58.3 Å². The number of benzene rings is 1. The maximum absolute atomic E-state index is 12.6. The van der Waals surface area contributed by atoms with Crippen molar-refractivity contribution in [2.75, 3.05) is 7.11 Å². The molecule has 1 aromatic heterocycles. The lowest BCUT2D eigenvalue weighted by atomic mass is 10.0. The Bertz CT molecular complexity index is 826. The average molecular weight is 461 g/mol. The van der Waals surface area contributed by atoms with Crippen molar-refractivity contribution in [3.63, 3.8) is 0 Å². The molecule has 2 atom stereocenters. The van der Waals surface area contributed by atoms with E-state index in [0.717, 1.165) is 4.47 Å². The van der Waals surface area contributed by atoms with Gasteiger partial charge in [-0.25, -0.2) is 9.78 Å². The maximum atomic E-state index is 12.6. The lowest BCUT2D eigenvalue weighted by Crippen LogP contribution is -2.45. The topological polar surface area (TPSA) is 77.5 Å². The first kappa shape index (κ1) is 21.7. The number of halogens is 4. The van der Waals surface area contributed by atoms with Crippen molar-refractivity contribution in [3.8, 4) is 5.75 Å². The molecule has 0 aliphatic heterocycles. The van der Waals surface area contributed by atoms with Gasteiger partial charge in [0.2, 0.25) is 0 Å². The van der Waals surface area contributed by atoms with Crippen LogP contribution >= 0.6 is 15.9 Å². The number of nitrogens with one attached hydrogen (secondary N) is 1. The Morgan fingerprint density at radius 1 is 1.14 bits per heavy atom. The number of amides is 1. The first-order valence-electron chi connectivity index (χ1n) is 7.96. The second kappa shape index (κ2) is 9.05. The molecule has 1 unspecified atom stereocenters. The third kappa shape index (κ3) is 5.69. The van der Waals surface area contributed by atoms with Crippen LogP contribution in [0.2, 0.25) is 0 Å². The Labute approximate surface area is 167 Å². The molecule has 1 amide bonds.